The zero-order valence-corrected chi connectivity index (χ0v) is 15.3. The third-order valence-corrected chi connectivity index (χ3v) is 4.42. The van der Waals surface area contributed by atoms with E-state index >= 15 is 0 Å². The number of halogens is 1. The number of anilines is 2. The number of carbonyl (C=O) groups excluding carboxylic acids is 2. The second kappa shape index (κ2) is 7.65. The molecule has 25 heavy (non-hydrogen) atoms. The number of aromatic nitrogens is 1. The Hall–Kier alpha value is -2.41. The molecule has 0 unspecified atom stereocenters. The lowest BCUT2D eigenvalue weighted by Crippen LogP contribution is -2.28. The Morgan fingerprint density at radius 3 is 3.00 bits per heavy atom. The van der Waals surface area contributed by atoms with E-state index in [1.807, 2.05) is 31.2 Å². The van der Waals surface area contributed by atoms with E-state index in [1.165, 1.54) is 0 Å². The summed E-state index contributed by atoms with van der Waals surface area (Å²) < 4.78 is 6.31. The predicted octanol–water partition coefficient (Wildman–Crippen LogP) is 3.23. The van der Waals surface area contributed by atoms with Crippen LogP contribution in [0.1, 0.15) is 13.3 Å². The highest BCUT2D eigenvalue weighted by molar-refractivity contribution is 9.10. The van der Waals surface area contributed by atoms with Gasteiger partial charge in [-0.3, -0.25) is 9.59 Å². The zero-order chi connectivity index (χ0) is 17.8. The fraction of sp³-hybridized carbons (Fsp3) is 0.278. The van der Waals surface area contributed by atoms with Gasteiger partial charge in [0.1, 0.15) is 5.69 Å². The van der Waals surface area contributed by atoms with E-state index in [9.17, 15) is 9.59 Å². The standard InChI is InChI=1S/C18H18BrN3O3/c1-2-25-18-15(7-4-8-20-18)21-17(24)12-9-16(23)22(11-12)14-6-3-5-13(19)10-14/h3-8,10,12H,2,9,11H2,1H3,(H,21,24)/t12-/m1/s1. The van der Waals surface area contributed by atoms with Gasteiger partial charge in [0.05, 0.1) is 12.5 Å². The molecule has 2 heterocycles. The Morgan fingerprint density at radius 2 is 2.24 bits per heavy atom. The second-order valence-electron chi connectivity index (χ2n) is 5.66. The van der Waals surface area contributed by atoms with Gasteiger partial charge in [-0.15, -0.1) is 0 Å². The van der Waals surface area contributed by atoms with Crippen LogP contribution in [0.25, 0.3) is 0 Å². The molecule has 0 bridgehead atoms. The maximum atomic E-state index is 12.6. The molecule has 3 rings (SSSR count). The molecule has 6 nitrogen and oxygen atoms in total. The zero-order valence-electron chi connectivity index (χ0n) is 13.7. The predicted molar refractivity (Wildman–Crippen MR) is 98.6 cm³/mol. The van der Waals surface area contributed by atoms with E-state index in [2.05, 4.69) is 26.2 Å². The van der Waals surface area contributed by atoms with Crippen molar-refractivity contribution in [3.63, 3.8) is 0 Å². The average molecular weight is 404 g/mol. The van der Waals surface area contributed by atoms with Crippen molar-refractivity contribution >= 4 is 39.1 Å². The van der Waals surface area contributed by atoms with E-state index in [1.54, 1.807) is 23.2 Å². The van der Waals surface area contributed by atoms with Gasteiger partial charge < -0.3 is 15.0 Å². The molecule has 1 saturated heterocycles. The Labute approximate surface area is 154 Å². The van der Waals surface area contributed by atoms with Gasteiger partial charge in [0, 0.05) is 29.3 Å². The lowest BCUT2D eigenvalue weighted by Gasteiger charge is -2.17. The van der Waals surface area contributed by atoms with Crippen LogP contribution in [0, 0.1) is 5.92 Å². The third kappa shape index (κ3) is 3.99. The Balaban J connectivity index is 1.71. The van der Waals surface area contributed by atoms with E-state index in [-0.39, 0.29) is 18.2 Å². The summed E-state index contributed by atoms with van der Waals surface area (Å²) in [5.41, 5.74) is 1.30. The lowest BCUT2D eigenvalue weighted by atomic mass is 10.1. The third-order valence-electron chi connectivity index (χ3n) is 3.93. The van der Waals surface area contributed by atoms with Crippen LogP contribution >= 0.6 is 15.9 Å². The Morgan fingerprint density at radius 1 is 1.40 bits per heavy atom. The van der Waals surface area contributed by atoms with Crippen molar-refractivity contribution in [1.29, 1.82) is 0 Å². The van der Waals surface area contributed by atoms with Crippen LogP contribution in [0.3, 0.4) is 0 Å². The largest absolute Gasteiger partial charge is 0.476 e. The summed E-state index contributed by atoms with van der Waals surface area (Å²) >= 11 is 3.40. The normalized spacial score (nSPS) is 16.8. The molecule has 0 aliphatic carbocycles. The first-order valence-corrected chi connectivity index (χ1v) is 8.82. The molecule has 1 N–H and O–H groups in total. The van der Waals surface area contributed by atoms with Crippen molar-refractivity contribution in [3.05, 3.63) is 47.1 Å². The number of nitrogens with zero attached hydrogens (tertiary/aromatic N) is 2. The minimum Gasteiger partial charge on any atom is -0.476 e. The summed E-state index contributed by atoms with van der Waals surface area (Å²) in [4.78, 5) is 30.7. The molecule has 0 spiro atoms. The van der Waals surface area contributed by atoms with Crippen molar-refractivity contribution in [1.82, 2.24) is 4.98 Å². The second-order valence-corrected chi connectivity index (χ2v) is 6.58. The molecular weight excluding hydrogens is 386 g/mol. The highest BCUT2D eigenvalue weighted by atomic mass is 79.9. The fourth-order valence-electron chi connectivity index (χ4n) is 2.75. The molecular formula is C18H18BrN3O3. The molecule has 1 aromatic heterocycles. The summed E-state index contributed by atoms with van der Waals surface area (Å²) in [6.07, 6.45) is 1.79. The van der Waals surface area contributed by atoms with Gasteiger partial charge in [0.25, 0.3) is 0 Å². The van der Waals surface area contributed by atoms with Crippen LogP contribution in [-0.2, 0) is 9.59 Å². The van der Waals surface area contributed by atoms with Gasteiger partial charge in [-0.05, 0) is 37.3 Å². The topological polar surface area (TPSA) is 71.5 Å². The van der Waals surface area contributed by atoms with Crippen LogP contribution in [-0.4, -0.2) is 29.9 Å². The Kier molecular flexibility index (Phi) is 5.33. The molecule has 1 aromatic carbocycles. The number of hydrogen-bond acceptors (Lipinski definition) is 4. The smallest absolute Gasteiger partial charge is 0.237 e. The molecule has 0 radical (unpaired) electrons. The lowest BCUT2D eigenvalue weighted by molar-refractivity contribution is -0.122. The van der Waals surface area contributed by atoms with Crippen LogP contribution in [0.15, 0.2) is 47.1 Å². The van der Waals surface area contributed by atoms with Crippen molar-refractivity contribution in [3.8, 4) is 5.88 Å². The van der Waals surface area contributed by atoms with Gasteiger partial charge >= 0.3 is 0 Å². The van der Waals surface area contributed by atoms with Crippen LogP contribution in [0.5, 0.6) is 5.88 Å². The number of nitrogens with one attached hydrogen (secondary N) is 1. The summed E-state index contributed by atoms with van der Waals surface area (Å²) in [6.45, 7) is 2.66. The number of amides is 2. The van der Waals surface area contributed by atoms with Gasteiger partial charge in [-0.1, -0.05) is 22.0 Å². The molecule has 1 aliphatic rings. The average Bonchev–Trinajstić information content (AvgIpc) is 2.99. The molecule has 1 atom stereocenters. The SMILES string of the molecule is CCOc1ncccc1NC(=O)[C@@H]1CC(=O)N(c2cccc(Br)c2)C1. The van der Waals surface area contributed by atoms with E-state index < -0.39 is 5.92 Å². The van der Waals surface area contributed by atoms with Crippen molar-refractivity contribution in [2.24, 2.45) is 5.92 Å². The summed E-state index contributed by atoms with van der Waals surface area (Å²) in [7, 11) is 0. The van der Waals surface area contributed by atoms with E-state index in [4.69, 9.17) is 4.74 Å². The number of ether oxygens (including phenoxy) is 1. The maximum Gasteiger partial charge on any atom is 0.237 e. The van der Waals surface area contributed by atoms with Gasteiger partial charge in [-0.2, -0.15) is 0 Å². The molecule has 130 valence electrons. The molecule has 2 aromatic rings. The number of pyridine rings is 1. The molecule has 1 fully saturated rings. The molecule has 7 heteroatoms. The van der Waals surface area contributed by atoms with Crippen molar-refractivity contribution in [2.45, 2.75) is 13.3 Å². The molecule has 0 saturated carbocycles. The summed E-state index contributed by atoms with van der Waals surface area (Å²) in [6, 6.07) is 10.9. The first-order valence-electron chi connectivity index (χ1n) is 8.03. The number of carbonyl (C=O) groups is 2. The molecule has 1 aliphatic heterocycles. The number of benzene rings is 1. The molecule has 2 amide bonds. The monoisotopic (exact) mass is 403 g/mol. The highest BCUT2D eigenvalue weighted by Crippen LogP contribution is 2.29. The van der Waals surface area contributed by atoms with E-state index in [0.29, 0.717) is 24.7 Å². The fourth-order valence-corrected chi connectivity index (χ4v) is 3.14. The maximum absolute atomic E-state index is 12.6. The number of rotatable bonds is 5. The van der Waals surface area contributed by atoms with Crippen molar-refractivity contribution in [2.75, 3.05) is 23.4 Å². The first kappa shape index (κ1) is 17.4. The quantitative estimate of drug-likeness (QED) is 0.831. The van der Waals surface area contributed by atoms with Crippen LogP contribution < -0.4 is 15.0 Å². The van der Waals surface area contributed by atoms with Gasteiger partial charge in [0.2, 0.25) is 17.7 Å². The summed E-state index contributed by atoms with van der Waals surface area (Å²) in [5.74, 6) is -0.304. The first-order chi connectivity index (χ1) is 12.1. The number of hydrogen-bond donors (Lipinski definition) is 1. The van der Waals surface area contributed by atoms with Crippen molar-refractivity contribution < 1.29 is 14.3 Å². The van der Waals surface area contributed by atoms with Gasteiger partial charge in [0.15, 0.2) is 0 Å². The van der Waals surface area contributed by atoms with E-state index in [0.717, 1.165) is 10.2 Å². The highest BCUT2D eigenvalue weighted by Gasteiger charge is 2.35. The minimum atomic E-state index is -0.416. The minimum absolute atomic E-state index is 0.0607. The van der Waals surface area contributed by atoms with Gasteiger partial charge in [-0.25, -0.2) is 4.98 Å². The Bertz CT molecular complexity index is 797. The summed E-state index contributed by atoms with van der Waals surface area (Å²) in [5, 5.41) is 2.83. The van der Waals surface area contributed by atoms with Crippen LogP contribution in [0.2, 0.25) is 0 Å². The van der Waals surface area contributed by atoms with Crippen LogP contribution in [0.4, 0.5) is 11.4 Å².